The second-order valence-electron chi connectivity index (χ2n) is 4.71. The van der Waals surface area contributed by atoms with Gasteiger partial charge in [-0.1, -0.05) is 37.7 Å². The van der Waals surface area contributed by atoms with E-state index in [-0.39, 0.29) is 0 Å². The molecule has 0 aliphatic heterocycles. The second kappa shape index (κ2) is 5.35. The normalized spacial score (nSPS) is 10.6. The largest absolute Gasteiger partial charge is 0.490 e. The Morgan fingerprint density at radius 3 is 2.19 bits per heavy atom. The topological polar surface area (TPSA) is 29.5 Å². The smallest absolute Gasteiger partial charge is 0.423 e. The van der Waals surface area contributed by atoms with Crippen molar-refractivity contribution in [2.75, 3.05) is 7.11 Å². The minimum Gasteiger partial charge on any atom is -0.423 e. The van der Waals surface area contributed by atoms with Crippen LogP contribution in [0.4, 0.5) is 0 Å². The molecule has 2 nitrogen and oxygen atoms in total. The third kappa shape index (κ3) is 4.23. The van der Waals surface area contributed by atoms with Crippen LogP contribution in [0.25, 0.3) is 0 Å². The predicted octanol–water partition coefficient (Wildman–Crippen LogP) is 1.25. The van der Waals surface area contributed by atoms with Crippen molar-refractivity contribution in [2.45, 2.75) is 19.6 Å². The van der Waals surface area contributed by atoms with E-state index in [9.17, 15) is 5.02 Å². The van der Waals surface area contributed by atoms with Gasteiger partial charge in [0, 0.05) is 12.7 Å². The molecule has 0 saturated heterocycles. The molecule has 0 spiro atoms. The first-order chi connectivity index (χ1) is 7.42. The van der Waals surface area contributed by atoms with Crippen LogP contribution in [-0.4, -0.2) is 27.3 Å². The fraction of sp³-hybridized carbons (Fsp3) is 0.333. The lowest BCUT2D eigenvalue weighted by molar-refractivity contribution is 0.341. The second-order valence-corrected chi connectivity index (χ2v) is 9.46. The summed E-state index contributed by atoms with van der Waals surface area (Å²) in [6.07, 6.45) is 0. The molecule has 4 heteroatoms. The standard InChI is InChI=1S/C12H17BO2Si/c1-15-13(14)12-7-5-11(6-8-12)9-10-16(2,3)4/h5-8,14H,1-4H3. The van der Waals surface area contributed by atoms with Crippen LogP contribution >= 0.6 is 0 Å². The fourth-order valence-corrected chi connectivity index (χ4v) is 1.65. The van der Waals surface area contributed by atoms with Crippen molar-refractivity contribution in [1.82, 2.24) is 0 Å². The van der Waals surface area contributed by atoms with Crippen molar-refractivity contribution in [2.24, 2.45) is 0 Å². The molecule has 0 bridgehead atoms. The highest BCUT2D eigenvalue weighted by molar-refractivity contribution is 6.83. The third-order valence-corrected chi connectivity index (χ3v) is 2.88. The summed E-state index contributed by atoms with van der Waals surface area (Å²) < 4.78 is 4.82. The molecule has 0 fully saturated rings. The van der Waals surface area contributed by atoms with Crippen LogP contribution in [0.2, 0.25) is 19.6 Å². The molecule has 0 aromatic heterocycles. The summed E-state index contributed by atoms with van der Waals surface area (Å²) >= 11 is 0. The van der Waals surface area contributed by atoms with Gasteiger partial charge in [0.15, 0.2) is 0 Å². The maximum Gasteiger partial charge on any atom is 0.490 e. The first-order valence-electron chi connectivity index (χ1n) is 5.26. The summed E-state index contributed by atoms with van der Waals surface area (Å²) in [5.41, 5.74) is 5.03. The Balaban J connectivity index is 2.82. The Hall–Kier alpha value is -1.02. The summed E-state index contributed by atoms with van der Waals surface area (Å²) in [6.45, 7) is 6.63. The van der Waals surface area contributed by atoms with E-state index >= 15 is 0 Å². The van der Waals surface area contributed by atoms with Gasteiger partial charge >= 0.3 is 7.12 Å². The van der Waals surface area contributed by atoms with Crippen LogP contribution in [0, 0.1) is 11.5 Å². The molecular weight excluding hydrogens is 215 g/mol. The molecule has 0 unspecified atom stereocenters. The molecule has 0 saturated carbocycles. The van der Waals surface area contributed by atoms with Crippen LogP contribution in [0.15, 0.2) is 24.3 Å². The van der Waals surface area contributed by atoms with E-state index in [1.54, 1.807) is 0 Å². The Kier molecular flexibility index (Phi) is 4.37. The van der Waals surface area contributed by atoms with Gasteiger partial charge in [0.25, 0.3) is 0 Å². The maximum absolute atomic E-state index is 9.43. The molecule has 0 amide bonds. The van der Waals surface area contributed by atoms with Gasteiger partial charge in [0.2, 0.25) is 0 Å². The SMILES string of the molecule is COB(O)c1ccc(C#C[Si](C)(C)C)cc1. The average molecular weight is 232 g/mol. The van der Waals surface area contributed by atoms with Gasteiger partial charge in [-0.05, 0) is 17.6 Å². The van der Waals surface area contributed by atoms with Crippen molar-refractivity contribution >= 4 is 20.7 Å². The minimum atomic E-state index is -1.32. The molecule has 1 N–H and O–H groups in total. The Bertz CT molecular complexity index is 398. The molecule has 1 aromatic carbocycles. The molecule has 0 heterocycles. The molecule has 16 heavy (non-hydrogen) atoms. The average Bonchev–Trinajstić information content (AvgIpc) is 2.25. The lowest BCUT2D eigenvalue weighted by Gasteiger charge is -2.04. The van der Waals surface area contributed by atoms with Crippen molar-refractivity contribution in [3.63, 3.8) is 0 Å². The number of hydrogen-bond acceptors (Lipinski definition) is 2. The van der Waals surface area contributed by atoms with E-state index in [4.69, 9.17) is 4.65 Å². The van der Waals surface area contributed by atoms with Gasteiger partial charge in [0.1, 0.15) is 8.07 Å². The van der Waals surface area contributed by atoms with Crippen molar-refractivity contribution < 1.29 is 9.68 Å². The van der Waals surface area contributed by atoms with Crippen LogP contribution < -0.4 is 5.46 Å². The summed E-state index contributed by atoms with van der Waals surface area (Å²) in [5.74, 6) is 3.16. The van der Waals surface area contributed by atoms with Crippen LogP contribution in [-0.2, 0) is 4.65 Å². The van der Waals surface area contributed by atoms with Gasteiger partial charge in [-0.3, -0.25) is 0 Å². The van der Waals surface area contributed by atoms with Crippen LogP contribution in [0.1, 0.15) is 5.56 Å². The Morgan fingerprint density at radius 2 is 1.75 bits per heavy atom. The number of hydrogen-bond donors (Lipinski definition) is 1. The van der Waals surface area contributed by atoms with E-state index in [0.29, 0.717) is 0 Å². The van der Waals surface area contributed by atoms with E-state index < -0.39 is 15.2 Å². The lowest BCUT2D eigenvalue weighted by atomic mass is 9.79. The van der Waals surface area contributed by atoms with E-state index in [1.807, 2.05) is 24.3 Å². The van der Waals surface area contributed by atoms with E-state index in [1.165, 1.54) is 7.11 Å². The van der Waals surface area contributed by atoms with E-state index in [0.717, 1.165) is 11.0 Å². The van der Waals surface area contributed by atoms with Gasteiger partial charge in [-0.25, -0.2) is 0 Å². The molecular formula is C12H17BO2Si. The highest BCUT2D eigenvalue weighted by Gasteiger charge is 2.13. The molecule has 0 radical (unpaired) electrons. The quantitative estimate of drug-likeness (QED) is 0.614. The van der Waals surface area contributed by atoms with E-state index in [2.05, 4.69) is 31.1 Å². The zero-order chi connectivity index (χ0) is 12.2. The van der Waals surface area contributed by atoms with Gasteiger partial charge in [-0.15, -0.1) is 5.54 Å². The van der Waals surface area contributed by atoms with Gasteiger partial charge in [0.05, 0.1) is 0 Å². The monoisotopic (exact) mass is 232 g/mol. The Labute approximate surface area is 98.8 Å². The number of benzene rings is 1. The summed E-state index contributed by atoms with van der Waals surface area (Å²) in [4.78, 5) is 0. The predicted molar refractivity (Wildman–Crippen MR) is 71.3 cm³/mol. The summed E-state index contributed by atoms with van der Waals surface area (Å²) in [5, 5.41) is 9.43. The highest BCUT2D eigenvalue weighted by Crippen LogP contribution is 2.00. The van der Waals surface area contributed by atoms with Crippen molar-refractivity contribution in [3.8, 4) is 11.5 Å². The van der Waals surface area contributed by atoms with Crippen LogP contribution in [0.5, 0.6) is 0 Å². The van der Waals surface area contributed by atoms with Crippen molar-refractivity contribution in [3.05, 3.63) is 29.8 Å². The Morgan fingerprint density at radius 1 is 1.19 bits per heavy atom. The minimum absolute atomic E-state index is 0.751. The first kappa shape index (κ1) is 13.0. The molecule has 1 aromatic rings. The zero-order valence-corrected chi connectivity index (χ0v) is 11.2. The zero-order valence-electron chi connectivity index (χ0n) is 10.2. The molecule has 0 aliphatic carbocycles. The van der Waals surface area contributed by atoms with Crippen LogP contribution in [0.3, 0.4) is 0 Å². The third-order valence-electron chi connectivity index (χ3n) is 2.00. The summed E-state index contributed by atoms with van der Waals surface area (Å²) in [6, 6.07) is 7.49. The van der Waals surface area contributed by atoms with Crippen molar-refractivity contribution in [1.29, 1.82) is 0 Å². The molecule has 1 rings (SSSR count). The molecule has 0 aliphatic rings. The fourth-order valence-electron chi connectivity index (χ4n) is 1.13. The highest BCUT2D eigenvalue weighted by atomic mass is 28.3. The first-order valence-corrected chi connectivity index (χ1v) is 8.76. The maximum atomic E-state index is 9.43. The van der Waals surface area contributed by atoms with Gasteiger partial charge in [-0.2, -0.15) is 0 Å². The van der Waals surface area contributed by atoms with Gasteiger partial charge < -0.3 is 9.68 Å². The number of rotatable bonds is 2. The summed E-state index contributed by atoms with van der Waals surface area (Å²) in [7, 11) is -0.690. The lowest BCUT2D eigenvalue weighted by Crippen LogP contribution is -2.32. The molecule has 84 valence electrons. The molecule has 0 atom stereocenters.